The van der Waals surface area contributed by atoms with Gasteiger partial charge in [-0.05, 0) is 138 Å². The predicted molar refractivity (Wildman–Crippen MR) is 247 cm³/mol. The van der Waals surface area contributed by atoms with E-state index in [-0.39, 0.29) is 16.2 Å². The van der Waals surface area contributed by atoms with Crippen molar-refractivity contribution in [2.24, 2.45) is 10.8 Å². The largest absolute Gasteiger partial charge is 0.0616 e. The maximum Gasteiger partial charge on any atom is 0.0318 e. The molecule has 0 amide bonds. The molecule has 0 N–H and O–H groups in total. The van der Waals surface area contributed by atoms with Gasteiger partial charge in [-0.25, -0.2) is 0 Å². The minimum atomic E-state index is -0.266. The molecule has 0 heteroatoms. The van der Waals surface area contributed by atoms with Crippen LogP contribution in [0.4, 0.5) is 0 Å². The molecule has 274 valence electrons. The maximum absolute atomic E-state index is 2.59. The third-order valence-electron chi connectivity index (χ3n) is 13.5. The van der Waals surface area contributed by atoms with E-state index in [9.17, 15) is 0 Å². The molecule has 0 bridgehead atoms. The summed E-state index contributed by atoms with van der Waals surface area (Å²) >= 11 is 0. The quantitative estimate of drug-likeness (QED) is 0.123. The molecular weight excluding hydrogens is 685 g/mol. The Labute approximate surface area is 335 Å². The van der Waals surface area contributed by atoms with Crippen LogP contribution >= 0.6 is 0 Å². The fourth-order valence-corrected chi connectivity index (χ4v) is 11.8. The summed E-state index contributed by atoms with van der Waals surface area (Å²) in [7, 11) is 0. The summed E-state index contributed by atoms with van der Waals surface area (Å²) in [4.78, 5) is 0. The monoisotopic (exact) mass is 730 g/mol. The van der Waals surface area contributed by atoms with Gasteiger partial charge in [-0.2, -0.15) is 0 Å². The van der Waals surface area contributed by atoms with Gasteiger partial charge in [0.1, 0.15) is 0 Å². The molecule has 0 aromatic heterocycles. The summed E-state index contributed by atoms with van der Waals surface area (Å²) in [6, 6.07) is 64.2. The Bertz CT molecular complexity index is 3230. The van der Waals surface area contributed by atoms with E-state index in [4.69, 9.17) is 0 Å². The zero-order valence-electron chi connectivity index (χ0n) is 33.7. The van der Waals surface area contributed by atoms with Gasteiger partial charge < -0.3 is 0 Å². The highest BCUT2D eigenvalue weighted by atomic mass is 14.6. The van der Waals surface area contributed by atoms with E-state index in [2.05, 4.69) is 211 Å². The van der Waals surface area contributed by atoms with E-state index in [0.717, 1.165) is 0 Å². The standard InChI is InChI=1S/C57H46/c1-55(2,3)57(56(4,5)6)50-34-38-32-37(31-30-36(38)33-49(50)53-43-23-11-9-21-40(43)41-22-10-16-28-48(41)54(53)57)51-44-24-12-14-26-46(44)52(47-27-15-13-25-45(47)51)42-29-17-19-35-18-7-8-20-39(35)42/h7-34H,1-6H3. The van der Waals surface area contributed by atoms with E-state index >= 15 is 0 Å². The first kappa shape index (κ1) is 34.0. The molecule has 0 saturated carbocycles. The summed E-state index contributed by atoms with van der Waals surface area (Å²) in [6.07, 6.45) is 0. The number of hydrogen-bond acceptors (Lipinski definition) is 0. The first-order chi connectivity index (χ1) is 27.6. The Kier molecular flexibility index (Phi) is 7.10. The molecule has 0 radical (unpaired) electrons. The minimum Gasteiger partial charge on any atom is -0.0616 e. The van der Waals surface area contributed by atoms with Gasteiger partial charge in [-0.3, -0.25) is 0 Å². The molecule has 0 spiro atoms. The average Bonchev–Trinajstić information content (AvgIpc) is 3.54. The predicted octanol–water partition coefficient (Wildman–Crippen LogP) is 16.3. The van der Waals surface area contributed by atoms with Crippen molar-refractivity contribution in [3.05, 3.63) is 181 Å². The smallest absolute Gasteiger partial charge is 0.0318 e. The average molecular weight is 731 g/mol. The lowest BCUT2D eigenvalue weighted by Gasteiger charge is -2.53. The number of benzene rings is 10. The van der Waals surface area contributed by atoms with Crippen LogP contribution in [0.5, 0.6) is 0 Å². The molecule has 0 aliphatic heterocycles. The molecule has 0 unspecified atom stereocenters. The van der Waals surface area contributed by atoms with Crippen LogP contribution in [0.2, 0.25) is 0 Å². The Hall–Kier alpha value is -6.24. The van der Waals surface area contributed by atoms with Crippen LogP contribution in [0.3, 0.4) is 0 Å². The van der Waals surface area contributed by atoms with Crippen molar-refractivity contribution in [3.8, 4) is 33.4 Å². The lowest BCUT2D eigenvalue weighted by molar-refractivity contribution is 0.0965. The van der Waals surface area contributed by atoms with Gasteiger partial charge in [0.25, 0.3) is 0 Å². The molecule has 1 aliphatic carbocycles. The van der Waals surface area contributed by atoms with Gasteiger partial charge in [-0.1, -0.05) is 193 Å². The zero-order valence-corrected chi connectivity index (χ0v) is 33.7. The third-order valence-corrected chi connectivity index (χ3v) is 13.5. The van der Waals surface area contributed by atoms with Gasteiger partial charge >= 0.3 is 0 Å². The number of fused-ring (bicyclic) bond motifs is 12. The van der Waals surface area contributed by atoms with Crippen molar-refractivity contribution >= 4 is 64.6 Å². The third kappa shape index (κ3) is 4.56. The second-order valence-electron chi connectivity index (χ2n) is 18.4. The van der Waals surface area contributed by atoms with Crippen molar-refractivity contribution in [1.82, 2.24) is 0 Å². The van der Waals surface area contributed by atoms with Crippen molar-refractivity contribution in [1.29, 1.82) is 0 Å². The molecule has 0 atom stereocenters. The topological polar surface area (TPSA) is 0 Å². The molecule has 10 aromatic rings. The maximum atomic E-state index is 2.59. The summed E-state index contributed by atoms with van der Waals surface area (Å²) in [6.45, 7) is 14.8. The second-order valence-corrected chi connectivity index (χ2v) is 18.4. The molecule has 11 rings (SSSR count). The van der Waals surface area contributed by atoms with Crippen LogP contribution in [0.25, 0.3) is 98.0 Å². The number of hydrogen-bond donors (Lipinski definition) is 0. The molecule has 0 fully saturated rings. The van der Waals surface area contributed by atoms with Crippen molar-refractivity contribution in [3.63, 3.8) is 0 Å². The number of rotatable bonds is 2. The summed E-state index contributed by atoms with van der Waals surface area (Å²) in [5, 5.41) is 15.6. The second kappa shape index (κ2) is 11.9. The van der Waals surface area contributed by atoms with Crippen LogP contribution < -0.4 is 0 Å². The summed E-state index contributed by atoms with van der Waals surface area (Å²) in [5.41, 5.74) is 10.4. The van der Waals surface area contributed by atoms with Crippen LogP contribution in [-0.2, 0) is 5.41 Å². The molecule has 57 heavy (non-hydrogen) atoms. The van der Waals surface area contributed by atoms with Gasteiger partial charge in [0.15, 0.2) is 0 Å². The Morgan fingerprint density at radius 3 is 1.39 bits per heavy atom. The van der Waals surface area contributed by atoms with Crippen LogP contribution in [0.1, 0.15) is 52.7 Å². The molecule has 1 aliphatic rings. The van der Waals surface area contributed by atoms with E-state index in [0.29, 0.717) is 0 Å². The molecule has 0 nitrogen and oxygen atoms in total. The first-order valence-corrected chi connectivity index (χ1v) is 20.5. The van der Waals surface area contributed by atoms with E-state index < -0.39 is 0 Å². The molecule has 0 saturated heterocycles. The fourth-order valence-electron chi connectivity index (χ4n) is 11.8. The molecule has 0 heterocycles. The lowest BCUT2D eigenvalue weighted by Crippen LogP contribution is -2.50. The molecule has 10 aromatic carbocycles. The van der Waals surface area contributed by atoms with Gasteiger partial charge in [0.05, 0.1) is 0 Å². The van der Waals surface area contributed by atoms with Gasteiger partial charge in [0, 0.05) is 5.41 Å². The van der Waals surface area contributed by atoms with Gasteiger partial charge in [-0.15, -0.1) is 0 Å². The van der Waals surface area contributed by atoms with Crippen LogP contribution in [0.15, 0.2) is 170 Å². The summed E-state index contributed by atoms with van der Waals surface area (Å²) < 4.78 is 0. The van der Waals surface area contributed by atoms with E-state index in [1.54, 1.807) is 0 Å². The normalized spacial score (nSPS) is 13.9. The Balaban J connectivity index is 1.23. The SMILES string of the molecule is CC(C)(C)C1(C(C)(C)C)c2cc3cc(-c4c5ccccc5c(-c5cccc6ccccc56)c5ccccc45)ccc3cc2-c2c1c1ccccc1c1ccccc21. The van der Waals surface area contributed by atoms with Crippen molar-refractivity contribution < 1.29 is 0 Å². The molecular formula is C57H46. The van der Waals surface area contributed by atoms with Crippen molar-refractivity contribution in [2.75, 3.05) is 0 Å². The highest BCUT2D eigenvalue weighted by molar-refractivity contribution is 6.24. The van der Waals surface area contributed by atoms with Gasteiger partial charge in [0.2, 0.25) is 0 Å². The van der Waals surface area contributed by atoms with E-state index in [1.807, 2.05) is 0 Å². The fraction of sp³-hybridized carbons (Fsp3) is 0.158. The Morgan fingerprint density at radius 1 is 0.316 bits per heavy atom. The first-order valence-electron chi connectivity index (χ1n) is 20.5. The van der Waals surface area contributed by atoms with Crippen LogP contribution in [0, 0.1) is 10.8 Å². The Morgan fingerprint density at radius 2 is 0.789 bits per heavy atom. The lowest BCUT2D eigenvalue weighted by atomic mass is 9.49. The van der Waals surface area contributed by atoms with Crippen LogP contribution in [-0.4, -0.2) is 0 Å². The summed E-state index contributed by atoms with van der Waals surface area (Å²) in [5.74, 6) is 0. The highest BCUT2D eigenvalue weighted by Gasteiger charge is 2.58. The minimum absolute atomic E-state index is 0.0917. The highest BCUT2D eigenvalue weighted by Crippen LogP contribution is 2.67. The van der Waals surface area contributed by atoms with Crippen molar-refractivity contribution in [2.45, 2.75) is 47.0 Å². The zero-order chi connectivity index (χ0) is 38.8. The van der Waals surface area contributed by atoms with E-state index in [1.165, 1.54) is 109 Å².